The normalized spacial score (nSPS) is 22.7. The minimum absolute atomic E-state index is 0.0898. The molecule has 7 heteroatoms. The lowest BCUT2D eigenvalue weighted by atomic mass is 10.1. The van der Waals surface area contributed by atoms with Gasteiger partial charge in [-0.1, -0.05) is 12.2 Å². The summed E-state index contributed by atoms with van der Waals surface area (Å²) in [6.45, 7) is 6.45. The van der Waals surface area contributed by atoms with E-state index in [1.807, 2.05) is 43.3 Å². The van der Waals surface area contributed by atoms with Crippen LogP contribution in [0.2, 0.25) is 0 Å². The Bertz CT molecular complexity index is 708. The highest BCUT2D eigenvalue weighted by Crippen LogP contribution is 2.45. The molecule has 24 heavy (non-hydrogen) atoms. The van der Waals surface area contributed by atoms with E-state index in [2.05, 4.69) is 0 Å². The lowest BCUT2D eigenvalue weighted by molar-refractivity contribution is -0.385. The summed E-state index contributed by atoms with van der Waals surface area (Å²) >= 11 is 1.78. The number of non-ortho nitro benzene ring substituents is 1. The molecule has 0 amide bonds. The van der Waals surface area contributed by atoms with Gasteiger partial charge in [0.1, 0.15) is 11.0 Å². The third-order valence-corrected chi connectivity index (χ3v) is 7.27. The first kappa shape index (κ1) is 17.6. The van der Waals surface area contributed by atoms with E-state index < -0.39 is 11.0 Å². The topological polar surface area (TPSA) is 63.5 Å². The lowest BCUT2D eigenvalue weighted by Gasteiger charge is -2.31. The minimum atomic E-state index is -1.17. The van der Waals surface area contributed by atoms with Gasteiger partial charge in [0, 0.05) is 28.8 Å². The predicted molar refractivity (Wildman–Crippen MR) is 98.5 cm³/mol. The highest BCUT2D eigenvalue weighted by atomic mass is 32.2. The van der Waals surface area contributed by atoms with Gasteiger partial charge in [0.25, 0.3) is 5.69 Å². The summed E-state index contributed by atoms with van der Waals surface area (Å²) in [6, 6.07) is 4.89. The van der Waals surface area contributed by atoms with Gasteiger partial charge in [-0.25, -0.2) is 8.51 Å². The maximum absolute atomic E-state index is 12.9. The molecule has 0 bridgehead atoms. The fourth-order valence-electron chi connectivity index (χ4n) is 2.64. The van der Waals surface area contributed by atoms with Crippen LogP contribution in [0.4, 0.5) is 5.69 Å². The molecular weight excluding hydrogens is 344 g/mol. The fraction of sp³-hybridized carbons (Fsp3) is 0.529. The molecule has 1 aliphatic carbocycles. The van der Waals surface area contributed by atoms with Crippen LogP contribution in [-0.2, 0) is 11.0 Å². The Morgan fingerprint density at radius 2 is 2.04 bits per heavy atom. The first-order valence-electron chi connectivity index (χ1n) is 8.07. The Balaban J connectivity index is 1.98. The van der Waals surface area contributed by atoms with Crippen molar-refractivity contribution in [1.29, 1.82) is 0 Å². The van der Waals surface area contributed by atoms with Crippen LogP contribution in [-0.4, -0.2) is 30.0 Å². The van der Waals surface area contributed by atoms with Crippen LogP contribution in [0.25, 0.3) is 0 Å². The Morgan fingerprint density at radius 3 is 2.62 bits per heavy atom. The van der Waals surface area contributed by atoms with Crippen molar-refractivity contribution in [2.45, 2.75) is 54.5 Å². The van der Waals surface area contributed by atoms with Crippen molar-refractivity contribution >= 4 is 28.4 Å². The minimum Gasteiger partial charge on any atom is -0.258 e. The van der Waals surface area contributed by atoms with Crippen molar-refractivity contribution in [3.05, 3.63) is 46.0 Å². The van der Waals surface area contributed by atoms with Gasteiger partial charge in [0.15, 0.2) is 0 Å². The molecule has 2 atom stereocenters. The van der Waals surface area contributed by atoms with Crippen molar-refractivity contribution < 1.29 is 9.13 Å². The summed E-state index contributed by atoms with van der Waals surface area (Å²) < 4.78 is 14.4. The molecule has 2 aliphatic rings. The first-order chi connectivity index (χ1) is 11.3. The van der Waals surface area contributed by atoms with E-state index in [1.54, 1.807) is 23.9 Å². The maximum atomic E-state index is 12.9. The van der Waals surface area contributed by atoms with Crippen LogP contribution in [0.15, 0.2) is 35.2 Å². The number of hydrogen-bond acceptors (Lipinski definition) is 4. The van der Waals surface area contributed by atoms with E-state index in [0.29, 0.717) is 11.8 Å². The smallest absolute Gasteiger partial charge is 0.258 e. The van der Waals surface area contributed by atoms with Crippen molar-refractivity contribution in [2.24, 2.45) is 0 Å². The van der Waals surface area contributed by atoms with Gasteiger partial charge in [-0.05, 0) is 45.2 Å². The molecule has 0 spiro atoms. The van der Waals surface area contributed by atoms with Crippen LogP contribution < -0.4 is 0 Å². The molecular formula is C17H22N2O3S2. The second-order valence-electron chi connectivity index (χ2n) is 7.13. The molecule has 1 aliphatic heterocycles. The van der Waals surface area contributed by atoms with Gasteiger partial charge in [-0.2, -0.15) is 0 Å². The van der Waals surface area contributed by atoms with Gasteiger partial charge in [0.05, 0.1) is 15.7 Å². The van der Waals surface area contributed by atoms with Crippen molar-refractivity contribution in [2.75, 3.05) is 6.54 Å². The van der Waals surface area contributed by atoms with Gasteiger partial charge in [0.2, 0.25) is 0 Å². The largest absolute Gasteiger partial charge is 0.269 e. The highest BCUT2D eigenvalue weighted by molar-refractivity contribution is 8.00. The number of nitro groups is 1. The molecule has 1 aromatic rings. The number of nitrogens with zero attached hydrogens (tertiary/aromatic N) is 2. The highest BCUT2D eigenvalue weighted by Gasteiger charge is 2.35. The molecule has 1 saturated carbocycles. The van der Waals surface area contributed by atoms with E-state index >= 15 is 0 Å². The van der Waals surface area contributed by atoms with Crippen LogP contribution in [0.1, 0.15) is 45.2 Å². The Kier molecular flexibility index (Phi) is 4.86. The molecule has 1 fully saturated rings. The van der Waals surface area contributed by atoms with Gasteiger partial charge in [-0.3, -0.25) is 10.1 Å². The zero-order valence-corrected chi connectivity index (χ0v) is 15.7. The third kappa shape index (κ3) is 3.73. The molecule has 3 rings (SSSR count). The van der Waals surface area contributed by atoms with Gasteiger partial charge in [-0.15, -0.1) is 11.8 Å². The van der Waals surface area contributed by atoms with E-state index in [0.717, 1.165) is 10.5 Å². The summed E-state index contributed by atoms with van der Waals surface area (Å²) in [6.07, 6.45) is 6.40. The van der Waals surface area contributed by atoms with Crippen molar-refractivity contribution in [3.8, 4) is 0 Å². The Labute approximate surface area is 149 Å². The quantitative estimate of drug-likeness (QED) is 0.444. The molecule has 0 N–H and O–H groups in total. The average Bonchev–Trinajstić information content (AvgIpc) is 3.19. The SMILES string of the molecule is CC(C)(C)[S@@](=O)N1CC=C[C@H]1c1cc([N+](=O)[O-])ccc1SC1CC1. The maximum Gasteiger partial charge on any atom is 0.269 e. The number of nitro benzene ring substituents is 1. The standard InChI is InChI=1S/C17H22N2O3S2/c1-17(2,3)24(22)18-10-4-5-15(18)14-11-12(19(20)21)6-9-16(14)23-13-7-8-13/h4-6,9,11,13,15H,7-8,10H2,1-3H3/t15-,24+/m0/s1. The Hall–Kier alpha value is -1.18. The van der Waals surface area contributed by atoms with E-state index in [4.69, 9.17) is 0 Å². The summed E-state index contributed by atoms with van der Waals surface area (Å²) in [4.78, 5) is 11.9. The molecule has 1 heterocycles. The van der Waals surface area contributed by atoms with Crippen LogP contribution in [0.5, 0.6) is 0 Å². The lowest BCUT2D eigenvalue weighted by Crippen LogP contribution is -2.37. The van der Waals surface area contributed by atoms with Crippen LogP contribution in [0.3, 0.4) is 0 Å². The van der Waals surface area contributed by atoms with E-state index in [-0.39, 0.29) is 21.4 Å². The second-order valence-corrected chi connectivity index (χ2v) is 10.7. The molecule has 0 saturated heterocycles. The van der Waals surface area contributed by atoms with Crippen molar-refractivity contribution in [3.63, 3.8) is 0 Å². The zero-order chi connectivity index (χ0) is 17.5. The third-order valence-electron chi connectivity index (χ3n) is 3.99. The van der Waals surface area contributed by atoms with Gasteiger partial charge >= 0.3 is 0 Å². The fourth-order valence-corrected chi connectivity index (χ4v) is 5.15. The monoisotopic (exact) mass is 366 g/mol. The Morgan fingerprint density at radius 1 is 1.33 bits per heavy atom. The first-order valence-corrected chi connectivity index (χ1v) is 10.1. The summed E-state index contributed by atoms with van der Waals surface area (Å²) in [7, 11) is -1.17. The van der Waals surface area contributed by atoms with E-state index in [1.165, 1.54) is 12.8 Å². The average molecular weight is 367 g/mol. The number of hydrogen-bond donors (Lipinski definition) is 0. The summed E-state index contributed by atoms with van der Waals surface area (Å²) in [5.41, 5.74) is 0.986. The predicted octanol–water partition coefficient (Wildman–Crippen LogP) is 4.22. The van der Waals surface area contributed by atoms with E-state index in [9.17, 15) is 14.3 Å². The van der Waals surface area contributed by atoms with Gasteiger partial charge < -0.3 is 0 Å². The second kappa shape index (κ2) is 6.61. The molecule has 0 aromatic heterocycles. The molecule has 130 valence electrons. The molecule has 5 nitrogen and oxygen atoms in total. The summed E-state index contributed by atoms with van der Waals surface area (Å²) in [5.74, 6) is 0. The number of benzene rings is 1. The molecule has 0 radical (unpaired) electrons. The van der Waals surface area contributed by atoms with Crippen molar-refractivity contribution in [1.82, 2.24) is 4.31 Å². The number of thioether (sulfide) groups is 1. The zero-order valence-electron chi connectivity index (χ0n) is 14.1. The van der Waals surface area contributed by atoms with Crippen LogP contribution >= 0.6 is 11.8 Å². The number of rotatable bonds is 5. The molecule has 0 unspecified atom stereocenters. The summed E-state index contributed by atoms with van der Waals surface area (Å²) in [5, 5.41) is 11.8. The van der Waals surface area contributed by atoms with Crippen LogP contribution in [0, 0.1) is 10.1 Å². The molecule has 1 aromatic carbocycles.